The largest absolute Gasteiger partial charge is 0.497 e. The zero-order valence-corrected chi connectivity index (χ0v) is 20.2. The third-order valence-corrected chi connectivity index (χ3v) is 8.09. The van der Waals surface area contributed by atoms with Gasteiger partial charge in [0.2, 0.25) is 15.3 Å². The number of nitrogens with zero attached hydrogens (tertiary/aromatic N) is 2. The maximum Gasteiger partial charge on any atom is 0.211 e. The number of hydrogen-bond acceptors (Lipinski definition) is 5. The van der Waals surface area contributed by atoms with E-state index in [9.17, 15) is 13.2 Å². The van der Waals surface area contributed by atoms with Gasteiger partial charge in [-0.05, 0) is 61.6 Å². The van der Waals surface area contributed by atoms with Gasteiger partial charge in [-0.2, -0.15) is 0 Å². The average molecular weight is 473 g/mol. The number of fused-ring (bicyclic) bond motifs is 1. The molecule has 2 atom stereocenters. The summed E-state index contributed by atoms with van der Waals surface area (Å²) in [5.74, 6) is 0.875. The van der Waals surface area contributed by atoms with Gasteiger partial charge in [0.05, 0.1) is 28.6 Å². The maximum absolute atomic E-state index is 15.3. The van der Waals surface area contributed by atoms with Crippen LogP contribution in [-0.4, -0.2) is 33.2 Å². The standard InChI is InChI=1S/C25H29FN2O4S/c1-5-27-15-24(33(30,31)19-8-6-18(32-4)7-9-19)25(29)20-11-21(26)23(12-22(20)27)28-13-16(2)10-17(3)14-28/h6-9,11-12,15-17H,5,10,13-14H2,1-4H3/t16-,17-/m1/s1. The summed E-state index contributed by atoms with van der Waals surface area (Å²) in [7, 11) is -2.61. The Morgan fingerprint density at radius 3 is 2.30 bits per heavy atom. The van der Waals surface area contributed by atoms with Gasteiger partial charge < -0.3 is 14.2 Å². The van der Waals surface area contributed by atoms with Crippen molar-refractivity contribution < 1.29 is 17.5 Å². The van der Waals surface area contributed by atoms with Gasteiger partial charge in [-0.3, -0.25) is 4.79 Å². The molecule has 0 unspecified atom stereocenters. The minimum absolute atomic E-state index is 0.0178. The van der Waals surface area contributed by atoms with E-state index in [1.165, 1.54) is 43.6 Å². The first kappa shape index (κ1) is 23.3. The summed E-state index contributed by atoms with van der Waals surface area (Å²) in [5.41, 5.74) is 0.281. The molecule has 2 heterocycles. The normalized spacial score (nSPS) is 19.1. The molecule has 1 saturated heterocycles. The molecule has 0 spiro atoms. The van der Waals surface area contributed by atoms with Crippen LogP contribution in [0.2, 0.25) is 0 Å². The van der Waals surface area contributed by atoms with Crippen molar-refractivity contribution >= 4 is 26.4 Å². The minimum Gasteiger partial charge on any atom is -0.497 e. The zero-order chi connectivity index (χ0) is 23.9. The topological polar surface area (TPSA) is 68.6 Å². The number of aryl methyl sites for hydroxylation is 1. The Labute approximate surface area is 193 Å². The molecule has 0 N–H and O–H groups in total. The number of piperidine rings is 1. The first-order chi connectivity index (χ1) is 15.6. The molecule has 1 aliphatic heterocycles. The SMILES string of the molecule is CCn1cc(S(=O)(=O)c2ccc(OC)cc2)c(=O)c2cc(F)c(N3C[C@H](C)C[C@@H](C)C3)cc21. The molecule has 33 heavy (non-hydrogen) atoms. The summed E-state index contributed by atoms with van der Waals surface area (Å²) in [4.78, 5) is 14.9. The summed E-state index contributed by atoms with van der Waals surface area (Å²) in [6.45, 7) is 8.08. The fourth-order valence-electron chi connectivity index (χ4n) is 4.81. The van der Waals surface area contributed by atoms with E-state index in [1.807, 2.05) is 11.8 Å². The van der Waals surface area contributed by atoms with E-state index in [-0.39, 0.29) is 15.2 Å². The lowest BCUT2D eigenvalue weighted by molar-refractivity contribution is 0.354. The number of rotatable bonds is 5. The van der Waals surface area contributed by atoms with Gasteiger partial charge in [0.25, 0.3) is 0 Å². The van der Waals surface area contributed by atoms with Crippen LogP contribution < -0.4 is 15.1 Å². The van der Waals surface area contributed by atoms with Crippen molar-refractivity contribution in [1.82, 2.24) is 4.57 Å². The molecule has 0 saturated carbocycles. The second-order valence-electron chi connectivity index (χ2n) is 8.96. The molecule has 3 aromatic rings. The van der Waals surface area contributed by atoms with Crippen molar-refractivity contribution in [2.24, 2.45) is 11.8 Å². The van der Waals surface area contributed by atoms with Crippen LogP contribution in [0.25, 0.3) is 10.9 Å². The Morgan fingerprint density at radius 1 is 1.09 bits per heavy atom. The van der Waals surface area contributed by atoms with Crippen molar-refractivity contribution in [1.29, 1.82) is 0 Å². The number of methoxy groups -OCH3 is 1. The summed E-state index contributed by atoms with van der Waals surface area (Å²) in [5, 5.41) is 0.0609. The van der Waals surface area contributed by atoms with Crippen LogP contribution in [0.5, 0.6) is 5.75 Å². The highest BCUT2D eigenvalue weighted by molar-refractivity contribution is 7.91. The van der Waals surface area contributed by atoms with Crippen LogP contribution in [0, 0.1) is 17.7 Å². The fourth-order valence-corrected chi connectivity index (χ4v) is 6.18. The summed E-state index contributed by atoms with van der Waals surface area (Å²) < 4.78 is 48.6. The van der Waals surface area contributed by atoms with Gasteiger partial charge in [0, 0.05) is 25.8 Å². The highest BCUT2D eigenvalue weighted by atomic mass is 32.2. The molecule has 0 amide bonds. The number of pyridine rings is 1. The van der Waals surface area contributed by atoms with E-state index in [2.05, 4.69) is 13.8 Å². The second-order valence-corrected chi connectivity index (χ2v) is 10.9. The average Bonchev–Trinajstić information content (AvgIpc) is 2.78. The maximum atomic E-state index is 15.3. The van der Waals surface area contributed by atoms with Crippen molar-refractivity contribution in [2.75, 3.05) is 25.1 Å². The van der Waals surface area contributed by atoms with E-state index in [1.54, 1.807) is 10.6 Å². The Bertz CT molecular complexity index is 1340. The van der Waals surface area contributed by atoms with E-state index in [0.717, 1.165) is 19.5 Å². The minimum atomic E-state index is -4.10. The molecule has 1 aliphatic rings. The number of halogens is 1. The van der Waals surface area contributed by atoms with Gasteiger partial charge in [-0.25, -0.2) is 12.8 Å². The first-order valence-electron chi connectivity index (χ1n) is 11.2. The molecule has 6 nitrogen and oxygen atoms in total. The quantitative estimate of drug-likeness (QED) is 0.548. The predicted octanol–water partition coefficient (Wildman–Crippen LogP) is 4.48. The zero-order valence-electron chi connectivity index (χ0n) is 19.3. The van der Waals surface area contributed by atoms with Crippen LogP contribution in [0.15, 0.2) is 57.2 Å². The third-order valence-electron chi connectivity index (χ3n) is 6.33. The molecule has 1 fully saturated rings. The monoisotopic (exact) mass is 472 g/mol. The third kappa shape index (κ3) is 4.24. The molecule has 1 aromatic heterocycles. The highest BCUT2D eigenvalue weighted by Crippen LogP contribution is 2.31. The van der Waals surface area contributed by atoms with E-state index in [4.69, 9.17) is 4.74 Å². The number of aromatic nitrogens is 1. The lowest BCUT2D eigenvalue weighted by Gasteiger charge is -2.37. The van der Waals surface area contributed by atoms with Gasteiger partial charge in [0.1, 0.15) is 16.5 Å². The Balaban J connectivity index is 1.88. The number of sulfone groups is 1. The van der Waals surface area contributed by atoms with E-state index in [0.29, 0.717) is 35.3 Å². The fraction of sp³-hybridized carbons (Fsp3) is 0.400. The lowest BCUT2D eigenvalue weighted by Crippen LogP contribution is -2.39. The first-order valence-corrected chi connectivity index (χ1v) is 12.6. The Kier molecular flexibility index (Phi) is 6.22. The summed E-state index contributed by atoms with van der Waals surface area (Å²) in [6, 6.07) is 8.73. The van der Waals surface area contributed by atoms with Crippen LogP contribution >= 0.6 is 0 Å². The smallest absolute Gasteiger partial charge is 0.211 e. The molecule has 8 heteroatoms. The molecule has 176 valence electrons. The van der Waals surface area contributed by atoms with Gasteiger partial charge in [-0.15, -0.1) is 0 Å². The molecular weight excluding hydrogens is 443 g/mol. The van der Waals surface area contributed by atoms with Gasteiger partial charge >= 0.3 is 0 Å². The number of benzene rings is 2. The molecule has 0 radical (unpaired) electrons. The highest BCUT2D eigenvalue weighted by Gasteiger charge is 2.27. The van der Waals surface area contributed by atoms with E-state index < -0.39 is 21.1 Å². The molecular formula is C25H29FN2O4S. The van der Waals surface area contributed by atoms with Crippen LogP contribution in [0.3, 0.4) is 0 Å². The van der Waals surface area contributed by atoms with Crippen molar-refractivity contribution in [3.63, 3.8) is 0 Å². The predicted molar refractivity (Wildman–Crippen MR) is 127 cm³/mol. The molecule has 0 aliphatic carbocycles. The van der Waals surface area contributed by atoms with Crippen LogP contribution in [-0.2, 0) is 16.4 Å². The molecule has 0 bridgehead atoms. The summed E-state index contributed by atoms with van der Waals surface area (Å²) in [6.07, 6.45) is 2.46. The van der Waals surface area contributed by atoms with Crippen LogP contribution in [0.1, 0.15) is 27.2 Å². The van der Waals surface area contributed by atoms with Crippen molar-refractivity contribution in [3.05, 3.63) is 58.6 Å². The van der Waals surface area contributed by atoms with Gasteiger partial charge in [-0.1, -0.05) is 13.8 Å². The molecule has 4 rings (SSSR count). The van der Waals surface area contributed by atoms with Crippen molar-refractivity contribution in [2.45, 2.75) is 43.5 Å². The lowest BCUT2D eigenvalue weighted by atomic mass is 9.91. The number of anilines is 1. The Hall–Kier alpha value is -2.87. The van der Waals surface area contributed by atoms with E-state index >= 15 is 4.39 Å². The molecule has 2 aromatic carbocycles. The van der Waals surface area contributed by atoms with Crippen LogP contribution in [0.4, 0.5) is 10.1 Å². The van der Waals surface area contributed by atoms with Gasteiger partial charge in [0.15, 0.2) is 0 Å². The summed E-state index contributed by atoms with van der Waals surface area (Å²) >= 11 is 0. The Morgan fingerprint density at radius 2 is 1.73 bits per heavy atom. The number of ether oxygens (including phenoxy) is 1. The second kappa shape index (κ2) is 8.82. The van der Waals surface area contributed by atoms with Crippen molar-refractivity contribution in [3.8, 4) is 5.75 Å². The number of hydrogen-bond donors (Lipinski definition) is 0.